The van der Waals surface area contributed by atoms with Crippen LogP contribution in [0.4, 0.5) is 5.69 Å². The number of aromatic nitrogens is 1. The number of nitrogens with one attached hydrogen (secondary N) is 1. The lowest BCUT2D eigenvalue weighted by atomic mass is 10.2. The molecule has 5 nitrogen and oxygen atoms in total. The van der Waals surface area contributed by atoms with Crippen LogP contribution < -0.4 is 15.8 Å². The number of rotatable bonds is 3. The number of anilines is 1. The Morgan fingerprint density at radius 1 is 1.32 bits per heavy atom. The van der Waals surface area contributed by atoms with Gasteiger partial charge in [-0.05, 0) is 24.3 Å². The van der Waals surface area contributed by atoms with Crippen LogP contribution in [0.15, 0.2) is 36.7 Å². The smallest absolute Gasteiger partial charge is 0.254 e. The van der Waals surface area contributed by atoms with Crippen LogP contribution in [0.5, 0.6) is 11.5 Å². The van der Waals surface area contributed by atoms with Gasteiger partial charge in [0.05, 0.1) is 16.8 Å². The highest BCUT2D eigenvalue weighted by atomic mass is 35.5. The largest absolute Gasteiger partial charge is 0.454 e. The summed E-state index contributed by atoms with van der Waals surface area (Å²) in [5, 5.41) is 2.70. The average molecular weight is 278 g/mol. The van der Waals surface area contributed by atoms with E-state index < -0.39 is 0 Å². The van der Waals surface area contributed by atoms with Gasteiger partial charge in [0, 0.05) is 18.9 Å². The molecule has 98 valence electrons. The van der Waals surface area contributed by atoms with Crippen molar-refractivity contribution in [3.63, 3.8) is 0 Å². The molecule has 3 N–H and O–H groups in total. The molecular formula is C13H12ClN3O2. The van der Waals surface area contributed by atoms with Crippen molar-refractivity contribution >= 4 is 23.2 Å². The quantitative estimate of drug-likeness (QED) is 0.845. The number of halogens is 1. The molecule has 1 aromatic heterocycles. The molecule has 0 atom stereocenters. The number of benzene rings is 1. The van der Waals surface area contributed by atoms with Crippen LogP contribution in [0.3, 0.4) is 0 Å². The third-order valence-corrected chi connectivity index (χ3v) is 2.82. The maximum absolute atomic E-state index is 11.6. The Morgan fingerprint density at radius 3 is 2.63 bits per heavy atom. The number of pyridine rings is 1. The summed E-state index contributed by atoms with van der Waals surface area (Å²) in [5.74, 6) is 0.555. The molecule has 0 fully saturated rings. The minimum absolute atomic E-state index is 0.214. The fourth-order valence-electron chi connectivity index (χ4n) is 1.45. The highest BCUT2D eigenvalue weighted by Crippen LogP contribution is 2.31. The van der Waals surface area contributed by atoms with Crippen molar-refractivity contribution in [2.24, 2.45) is 0 Å². The number of hydrogen-bond acceptors (Lipinski definition) is 4. The molecule has 1 heterocycles. The molecule has 0 aliphatic heterocycles. The summed E-state index contributed by atoms with van der Waals surface area (Å²) >= 11 is 6.11. The Balaban J connectivity index is 2.30. The van der Waals surface area contributed by atoms with Crippen molar-refractivity contribution in [1.29, 1.82) is 0 Å². The van der Waals surface area contributed by atoms with Crippen molar-refractivity contribution in [3.8, 4) is 11.5 Å². The molecular weight excluding hydrogens is 266 g/mol. The van der Waals surface area contributed by atoms with E-state index in [4.69, 9.17) is 22.1 Å². The topological polar surface area (TPSA) is 77.2 Å². The normalized spacial score (nSPS) is 10.0. The standard InChI is InChI=1S/C13H12ClN3O2/c1-16-13(18)10-6-17-7-11(12(10)14)19-9-4-2-8(15)3-5-9/h2-7H,15H2,1H3,(H,16,18). The molecule has 0 aliphatic rings. The molecule has 1 amide bonds. The molecule has 2 aromatic rings. The maximum Gasteiger partial charge on any atom is 0.254 e. The highest BCUT2D eigenvalue weighted by molar-refractivity contribution is 6.35. The zero-order valence-electron chi connectivity index (χ0n) is 10.2. The predicted molar refractivity (Wildman–Crippen MR) is 73.6 cm³/mol. The maximum atomic E-state index is 11.6. The lowest BCUT2D eigenvalue weighted by Gasteiger charge is -2.09. The van der Waals surface area contributed by atoms with Gasteiger partial charge in [-0.15, -0.1) is 0 Å². The van der Waals surface area contributed by atoms with Gasteiger partial charge in [0.2, 0.25) is 0 Å². The molecule has 1 aromatic carbocycles. The van der Waals surface area contributed by atoms with E-state index in [0.717, 1.165) is 0 Å². The third kappa shape index (κ3) is 2.95. The van der Waals surface area contributed by atoms with Crippen LogP contribution in [-0.4, -0.2) is 17.9 Å². The second-order valence-electron chi connectivity index (χ2n) is 3.75. The van der Waals surface area contributed by atoms with E-state index in [1.54, 1.807) is 24.3 Å². The van der Waals surface area contributed by atoms with E-state index in [9.17, 15) is 4.79 Å². The van der Waals surface area contributed by atoms with Gasteiger partial charge in [-0.3, -0.25) is 9.78 Å². The predicted octanol–water partition coefficient (Wildman–Crippen LogP) is 2.47. The molecule has 0 bridgehead atoms. The van der Waals surface area contributed by atoms with Crippen molar-refractivity contribution in [2.45, 2.75) is 0 Å². The molecule has 19 heavy (non-hydrogen) atoms. The van der Waals surface area contributed by atoms with Crippen LogP contribution in [-0.2, 0) is 0 Å². The molecule has 6 heteroatoms. The van der Waals surface area contributed by atoms with Crippen LogP contribution in [0.2, 0.25) is 5.02 Å². The van der Waals surface area contributed by atoms with Gasteiger partial charge in [-0.1, -0.05) is 11.6 Å². The Bertz CT molecular complexity index is 599. The molecule has 2 rings (SSSR count). The summed E-state index contributed by atoms with van der Waals surface area (Å²) < 4.78 is 5.57. The van der Waals surface area contributed by atoms with E-state index in [1.807, 2.05) is 0 Å². The number of nitrogens with two attached hydrogens (primary N) is 1. The van der Waals surface area contributed by atoms with E-state index in [1.165, 1.54) is 19.4 Å². The first-order valence-corrected chi connectivity index (χ1v) is 5.88. The van der Waals surface area contributed by atoms with Gasteiger partial charge >= 0.3 is 0 Å². The van der Waals surface area contributed by atoms with E-state index in [-0.39, 0.29) is 16.5 Å². The average Bonchev–Trinajstić information content (AvgIpc) is 2.43. The lowest BCUT2D eigenvalue weighted by Crippen LogP contribution is -2.18. The van der Waals surface area contributed by atoms with Gasteiger partial charge in [0.15, 0.2) is 5.75 Å². The minimum atomic E-state index is -0.319. The van der Waals surface area contributed by atoms with Crippen LogP contribution in [0.25, 0.3) is 0 Å². The molecule has 0 aliphatic carbocycles. The van der Waals surface area contributed by atoms with Crippen LogP contribution in [0.1, 0.15) is 10.4 Å². The number of ether oxygens (including phenoxy) is 1. The van der Waals surface area contributed by atoms with Crippen molar-refractivity contribution in [3.05, 3.63) is 47.2 Å². The first kappa shape index (κ1) is 13.2. The Labute approximate surface area is 115 Å². The third-order valence-electron chi connectivity index (χ3n) is 2.43. The van der Waals surface area contributed by atoms with Crippen molar-refractivity contribution < 1.29 is 9.53 Å². The zero-order chi connectivity index (χ0) is 13.8. The van der Waals surface area contributed by atoms with Gasteiger partial charge < -0.3 is 15.8 Å². The summed E-state index contributed by atoms with van der Waals surface area (Å²) in [4.78, 5) is 15.5. The summed E-state index contributed by atoms with van der Waals surface area (Å²) in [6.45, 7) is 0. The molecule has 0 saturated carbocycles. The zero-order valence-corrected chi connectivity index (χ0v) is 10.9. The SMILES string of the molecule is CNC(=O)c1cncc(Oc2ccc(N)cc2)c1Cl. The number of nitrogen functional groups attached to an aromatic ring is 1. The van der Waals surface area contributed by atoms with E-state index in [2.05, 4.69) is 10.3 Å². The summed E-state index contributed by atoms with van der Waals surface area (Å²) in [6.07, 6.45) is 2.84. The van der Waals surface area contributed by atoms with E-state index >= 15 is 0 Å². The van der Waals surface area contributed by atoms with Crippen molar-refractivity contribution in [1.82, 2.24) is 10.3 Å². The fourth-order valence-corrected chi connectivity index (χ4v) is 1.67. The number of carbonyl (C=O) groups is 1. The second-order valence-corrected chi connectivity index (χ2v) is 4.13. The van der Waals surface area contributed by atoms with Gasteiger partial charge in [0.25, 0.3) is 5.91 Å². The number of nitrogens with zero attached hydrogens (tertiary/aromatic N) is 1. The number of hydrogen-bond donors (Lipinski definition) is 2. The van der Waals surface area contributed by atoms with Gasteiger partial charge in [-0.25, -0.2) is 0 Å². The van der Waals surface area contributed by atoms with Gasteiger partial charge in [-0.2, -0.15) is 0 Å². The summed E-state index contributed by atoms with van der Waals surface area (Å²) in [7, 11) is 1.52. The van der Waals surface area contributed by atoms with E-state index in [0.29, 0.717) is 17.2 Å². The van der Waals surface area contributed by atoms with Crippen molar-refractivity contribution in [2.75, 3.05) is 12.8 Å². The highest BCUT2D eigenvalue weighted by Gasteiger charge is 2.14. The molecule has 0 saturated heterocycles. The minimum Gasteiger partial charge on any atom is -0.454 e. The Kier molecular flexibility index (Phi) is 3.87. The molecule has 0 spiro atoms. The van der Waals surface area contributed by atoms with Crippen LogP contribution in [0, 0.1) is 0 Å². The summed E-state index contributed by atoms with van der Waals surface area (Å²) in [5.41, 5.74) is 6.48. The molecule has 0 radical (unpaired) electrons. The fraction of sp³-hybridized carbons (Fsp3) is 0.0769. The number of carbonyl (C=O) groups excluding carboxylic acids is 1. The monoisotopic (exact) mass is 277 g/mol. The van der Waals surface area contributed by atoms with Gasteiger partial charge in [0.1, 0.15) is 5.75 Å². The lowest BCUT2D eigenvalue weighted by molar-refractivity contribution is 0.0962. The Morgan fingerprint density at radius 2 is 2.00 bits per heavy atom. The van der Waals surface area contributed by atoms with Crippen LogP contribution >= 0.6 is 11.6 Å². The Hall–Kier alpha value is -2.27. The first-order valence-electron chi connectivity index (χ1n) is 5.51. The first-order chi connectivity index (χ1) is 9.11. The second kappa shape index (κ2) is 5.58. The summed E-state index contributed by atoms with van der Waals surface area (Å²) in [6, 6.07) is 6.83. The number of amides is 1. The molecule has 0 unspecified atom stereocenters.